The number of hydrogen-bond acceptors (Lipinski definition) is 5. The second-order valence-corrected chi connectivity index (χ2v) is 7.49. The van der Waals surface area contributed by atoms with E-state index < -0.39 is 0 Å². The molecule has 0 radical (unpaired) electrons. The van der Waals surface area contributed by atoms with Crippen LogP contribution in [0.3, 0.4) is 0 Å². The van der Waals surface area contributed by atoms with E-state index in [9.17, 15) is 4.79 Å². The number of carbonyl (C=O) groups is 1. The highest BCUT2D eigenvalue weighted by Crippen LogP contribution is 2.30. The molecule has 0 aliphatic carbocycles. The van der Waals surface area contributed by atoms with Gasteiger partial charge < -0.3 is 10.1 Å². The lowest BCUT2D eigenvalue weighted by molar-refractivity contribution is -0.116. The van der Waals surface area contributed by atoms with E-state index in [2.05, 4.69) is 29.4 Å². The second kappa shape index (κ2) is 7.59. The lowest BCUT2D eigenvalue weighted by Gasteiger charge is -2.04. The number of carbonyl (C=O) groups excluding carboxylic acids is 1. The SMILES string of the molecule is COc1cccc(CCC(=O)Nc2nc(-c3ccc(C)s3)cs2)c1. The van der Waals surface area contributed by atoms with Gasteiger partial charge in [-0.25, -0.2) is 4.98 Å². The Morgan fingerprint density at radius 1 is 1.29 bits per heavy atom. The van der Waals surface area contributed by atoms with E-state index in [1.165, 1.54) is 16.2 Å². The molecule has 0 spiro atoms. The van der Waals surface area contributed by atoms with E-state index in [-0.39, 0.29) is 5.91 Å². The van der Waals surface area contributed by atoms with Crippen molar-refractivity contribution < 1.29 is 9.53 Å². The summed E-state index contributed by atoms with van der Waals surface area (Å²) in [6.45, 7) is 2.07. The highest BCUT2D eigenvalue weighted by atomic mass is 32.1. The average Bonchev–Trinajstić information content (AvgIpc) is 3.22. The van der Waals surface area contributed by atoms with Crippen LogP contribution in [0, 0.1) is 6.92 Å². The number of thiophene rings is 1. The van der Waals surface area contributed by atoms with Crippen molar-refractivity contribution in [1.82, 2.24) is 4.98 Å². The Labute approximate surface area is 149 Å². The van der Waals surface area contributed by atoms with Crippen molar-refractivity contribution in [3.8, 4) is 16.3 Å². The molecule has 6 heteroatoms. The predicted molar refractivity (Wildman–Crippen MR) is 100 cm³/mol. The highest BCUT2D eigenvalue weighted by molar-refractivity contribution is 7.17. The van der Waals surface area contributed by atoms with Crippen molar-refractivity contribution in [1.29, 1.82) is 0 Å². The minimum Gasteiger partial charge on any atom is -0.497 e. The number of aromatic nitrogens is 1. The minimum absolute atomic E-state index is 0.0268. The normalized spacial score (nSPS) is 10.6. The maximum absolute atomic E-state index is 12.1. The molecule has 3 rings (SSSR count). The van der Waals surface area contributed by atoms with Crippen LogP contribution in [0.15, 0.2) is 41.8 Å². The Bertz CT molecular complexity index is 839. The third-order valence-electron chi connectivity index (χ3n) is 3.52. The van der Waals surface area contributed by atoms with Crippen molar-refractivity contribution >= 4 is 33.7 Å². The van der Waals surface area contributed by atoms with E-state index in [1.54, 1.807) is 18.4 Å². The van der Waals surface area contributed by atoms with Crippen LogP contribution in [0.1, 0.15) is 16.9 Å². The van der Waals surface area contributed by atoms with Crippen molar-refractivity contribution in [2.45, 2.75) is 19.8 Å². The summed E-state index contributed by atoms with van der Waals surface area (Å²) in [7, 11) is 1.64. The topological polar surface area (TPSA) is 51.2 Å². The third kappa shape index (κ3) is 4.21. The Morgan fingerprint density at radius 2 is 2.17 bits per heavy atom. The first-order valence-corrected chi connectivity index (χ1v) is 9.29. The van der Waals surface area contributed by atoms with Crippen LogP contribution in [0.25, 0.3) is 10.6 Å². The quantitative estimate of drug-likeness (QED) is 0.691. The number of ether oxygens (including phenoxy) is 1. The number of hydrogen-bond donors (Lipinski definition) is 1. The van der Waals surface area contributed by atoms with Gasteiger partial charge in [-0.2, -0.15) is 0 Å². The number of aryl methyl sites for hydroxylation is 2. The number of anilines is 1. The van der Waals surface area contributed by atoms with E-state index in [0.717, 1.165) is 21.9 Å². The molecule has 0 bridgehead atoms. The number of benzene rings is 1. The van der Waals surface area contributed by atoms with E-state index in [0.29, 0.717) is 18.0 Å². The van der Waals surface area contributed by atoms with Gasteiger partial charge in [0, 0.05) is 16.7 Å². The molecule has 0 atom stereocenters. The molecular weight excluding hydrogens is 340 g/mol. The first-order chi connectivity index (χ1) is 11.6. The smallest absolute Gasteiger partial charge is 0.226 e. The second-order valence-electron chi connectivity index (χ2n) is 5.35. The maximum atomic E-state index is 12.1. The predicted octanol–water partition coefficient (Wildman–Crippen LogP) is 4.76. The average molecular weight is 358 g/mol. The largest absolute Gasteiger partial charge is 0.497 e. The number of methoxy groups -OCH3 is 1. The molecule has 1 amide bonds. The van der Waals surface area contributed by atoms with Gasteiger partial charge >= 0.3 is 0 Å². The summed E-state index contributed by atoms with van der Waals surface area (Å²) < 4.78 is 5.20. The van der Waals surface area contributed by atoms with Crippen molar-refractivity contribution in [3.05, 3.63) is 52.2 Å². The van der Waals surface area contributed by atoms with Gasteiger partial charge in [0.25, 0.3) is 0 Å². The standard InChI is InChI=1S/C18H18N2O2S2/c1-12-6-8-16(24-12)15-11-23-18(19-15)20-17(21)9-7-13-4-3-5-14(10-13)22-2/h3-6,8,10-11H,7,9H2,1-2H3,(H,19,20,21). The van der Waals surface area contributed by atoms with Crippen molar-refractivity contribution in [2.24, 2.45) is 0 Å². The summed E-state index contributed by atoms with van der Waals surface area (Å²) >= 11 is 3.16. The monoisotopic (exact) mass is 358 g/mol. The summed E-state index contributed by atoms with van der Waals surface area (Å²) in [6.07, 6.45) is 1.09. The molecule has 2 aromatic heterocycles. The number of nitrogens with zero attached hydrogens (tertiary/aromatic N) is 1. The van der Waals surface area contributed by atoms with E-state index >= 15 is 0 Å². The summed E-state index contributed by atoms with van der Waals surface area (Å²) in [6, 6.07) is 11.9. The van der Waals surface area contributed by atoms with Gasteiger partial charge in [0.2, 0.25) is 5.91 Å². The zero-order valence-corrected chi connectivity index (χ0v) is 15.2. The Morgan fingerprint density at radius 3 is 2.92 bits per heavy atom. The molecular formula is C18H18N2O2S2. The summed E-state index contributed by atoms with van der Waals surface area (Å²) in [5, 5.41) is 5.50. The van der Waals surface area contributed by atoms with Crippen LogP contribution in [-0.2, 0) is 11.2 Å². The zero-order valence-electron chi connectivity index (χ0n) is 13.5. The number of nitrogens with one attached hydrogen (secondary N) is 1. The molecule has 0 saturated carbocycles. The first kappa shape index (κ1) is 16.7. The van der Waals surface area contributed by atoms with Crippen LogP contribution >= 0.6 is 22.7 Å². The lowest BCUT2D eigenvalue weighted by atomic mass is 10.1. The summed E-state index contributed by atoms with van der Waals surface area (Å²) in [5.41, 5.74) is 2.00. The third-order valence-corrected chi connectivity index (χ3v) is 5.30. The Balaban J connectivity index is 1.56. The van der Waals surface area contributed by atoms with Gasteiger partial charge in [0.05, 0.1) is 17.7 Å². The fourth-order valence-corrected chi connectivity index (χ4v) is 3.91. The van der Waals surface area contributed by atoms with Gasteiger partial charge in [0.15, 0.2) is 5.13 Å². The van der Waals surface area contributed by atoms with Gasteiger partial charge in [-0.1, -0.05) is 12.1 Å². The fourth-order valence-electron chi connectivity index (χ4n) is 2.28. The van der Waals surface area contributed by atoms with Crippen LogP contribution in [-0.4, -0.2) is 18.0 Å². The summed E-state index contributed by atoms with van der Waals surface area (Å²) in [5.74, 6) is 0.782. The van der Waals surface area contributed by atoms with E-state index in [4.69, 9.17) is 4.74 Å². The number of amides is 1. The fraction of sp³-hybridized carbons (Fsp3) is 0.222. The molecule has 124 valence electrons. The van der Waals surface area contributed by atoms with Gasteiger partial charge in [-0.15, -0.1) is 22.7 Å². The van der Waals surface area contributed by atoms with Gasteiger partial charge in [-0.3, -0.25) is 4.79 Å². The Hall–Kier alpha value is -2.18. The summed E-state index contributed by atoms with van der Waals surface area (Å²) in [4.78, 5) is 19.0. The zero-order chi connectivity index (χ0) is 16.9. The molecule has 1 N–H and O–H groups in total. The Kier molecular flexibility index (Phi) is 5.27. The van der Waals surface area contributed by atoms with Crippen molar-refractivity contribution in [3.63, 3.8) is 0 Å². The molecule has 0 aliphatic rings. The van der Waals surface area contributed by atoms with Crippen LogP contribution in [0.5, 0.6) is 5.75 Å². The molecule has 4 nitrogen and oxygen atoms in total. The van der Waals surface area contributed by atoms with Crippen LogP contribution in [0.2, 0.25) is 0 Å². The highest BCUT2D eigenvalue weighted by Gasteiger charge is 2.09. The molecule has 24 heavy (non-hydrogen) atoms. The molecule has 2 heterocycles. The van der Waals surface area contributed by atoms with Crippen LogP contribution in [0.4, 0.5) is 5.13 Å². The molecule has 0 saturated heterocycles. The minimum atomic E-state index is -0.0268. The molecule has 0 aliphatic heterocycles. The maximum Gasteiger partial charge on any atom is 0.226 e. The van der Waals surface area contributed by atoms with Gasteiger partial charge in [-0.05, 0) is 43.2 Å². The van der Waals surface area contributed by atoms with E-state index in [1.807, 2.05) is 29.6 Å². The van der Waals surface area contributed by atoms with Crippen molar-refractivity contribution in [2.75, 3.05) is 12.4 Å². The van der Waals surface area contributed by atoms with Gasteiger partial charge in [0.1, 0.15) is 5.75 Å². The molecule has 1 aromatic carbocycles. The lowest BCUT2D eigenvalue weighted by Crippen LogP contribution is -2.12. The molecule has 3 aromatic rings. The van der Waals surface area contributed by atoms with Crippen LogP contribution < -0.4 is 10.1 Å². The molecule has 0 unspecified atom stereocenters. The number of thiazole rings is 1. The number of rotatable bonds is 6. The molecule has 0 fully saturated rings. The first-order valence-electron chi connectivity index (χ1n) is 7.59.